The average Bonchev–Trinajstić information content (AvgIpc) is 2.54. The molecule has 0 bridgehead atoms. The van der Waals surface area contributed by atoms with E-state index in [0.29, 0.717) is 0 Å². The van der Waals surface area contributed by atoms with Gasteiger partial charge in [0.05, 0.1) is 0 Å². The zero-order valence-electron chi connectivity index (χ0n) is 8.75. The van der Waals surface area contributed by atoms with E-state index in [1.54, 1.807) is 0 Å². The number of nitrogens with zero attached hydrogens (tertiary/aromatic N) is 1. The van der Waals surface area contributed by atoms with E-state index in [2.05, 4.69) is 54.2 Å². The molecule has 0 unspecified atom stereocenters. The largest absolute Gasteiger partial charge is 0.371 e. The third kappa shape index (κ3) is 1.48. The molecule has 0 saturated heterocycles. The SMILES string of the molecule is CCCNc1cc2ccccc2n1C. The van der Waals surface area contributed by atoms with E-state index in [-0.39, 0.29) is 0 Å². The summed E-state index contributed by atoms with van der Waals surface area (Å²) < 4.78 is 2.20. The Morgan fingerprint density at radius 3 is 2.79 bits per heavy atom. The Labute approximate surface area is 84.5 Å². The van der Waals surface area contributed by atoms with Crippen LogP contribution in [0.5, 0.6) is 0 Å². The van der Waals surface area contributed by atoms with Gasteiger partial charge in [0.25, 0.3) is 0 Å². The maximum atomic E-state index is 3.42. The van der Waals surface area contributed by atoms with Gasteiger partial charge in [-0.15, -0.1) is 0 Å². The van der Waals surface area contributed by atoms with Crippen LogP contribution >= 0.6 is 0 Å². The monoisotopic (exact) mass is 188 g/mol. The van der Waals surface area contributed by atoms with Crippen LogP contribution in [0.3, 0.4) is 0 Å². The van der Waals surface area contributed by atoms with Crippen LogP contribution in [0.15, 0.2) is 30.3 Å². The van der Waals surface area contributed by atoms with E-state index in [4.69, 9.17) is 0 Å². The molecule has 0 amide bonds. The highest BCUT2D eigenvalue weighted by atomic mass is 15.1. The molecule has 0 aliphatic heterocycles. The molecule has 74 valence electrons. The van der Waals surface area contributed by atoms with Crippen LogP contribution in [0.1, 0.15) is 13.3 Å². The number of para-hydroxylation sites is 1. The van der Waals surface area contributed by atoms with E-state index in [0.717, 1.165) is 13.0 Å². The van der Waals surface area contributed by atoms with Gasteiger partial charge in [-0.3, -0.25) is 0 Å². The fraction of sp³-hybridized carbons (Fsp3) is 0.333. The minimum Gasteiger partial charge on any atom is -0.371 e. The van der Waals surface area contributed by atoms with E-state index >= 15 is 0 Å². The number of rotatable bonds is 3. The summed E-state index contributed by atoms with van der Waals surface area (Å²) in [5.74, 6) is 1.20. The molecular formula is C12H16N2. The molecule has 1 aromatic heterocycles. The number of hydrogen-bond acceptors (Lipinski definition) is 1. The summed E-state index contributed by atoms with van der Waals surface area (Å²) in [5, 5.41) is 4.71. The van der Waals surface area contributed by atoms with Gasteiger partial charge < -0.3 is 9.88 Å². The van der Waals surface area contributed by atoms with Crippen LogP contribution in [0.2, 0.25) is 0 Å². The minimum atomic E-state index is 1.03. The highest BCUT2D eigenvalue weighted by Gasteiger charge is 2.02. The second kappa shape index (κ2) is 3.74. The first-order valence-electron chi connectivity index (χ1n) is 5.11. The predicted molar refractivity (Wildman–Crippen MR) is 61.7 cm³/mol. The van der Waals surface area contributed by atoms with Crippen LogP contribution in [0.25, 0.3) is 10.9 Å². The molecule has 0 saturated carbocycles. The quantitative estimate of drug-likeness (QED) is 0.783. The van der Waals surface area contributed by atoms with E-state index in [9.17, 15) is 0 Å². The second-order valence-corrected chi connectivity index (χ2v) is 3.57. The number of nitrogens with one attached hydrogen (secondary N) is 1. The maximum absolute atomic E-state index is 3.42. The number of anilines is 1. The topological polar surface area (TPSA) is 17.0 Å². The van der Waals surface area contributed by atoms with Gasteiger partial charge in [0.2, 0.25) is 0 Å². The van der Waals surface area contributed by atoms with Gasteiger partial charge in [-0.1, -0.05) is 25.1 Å². The zero-order valence-corrected chi connectivity index (χ0v) is 8.75. The summed E-state index contributed by atoms with van der Waals surface area (Å²) in [4.78, 5) is 0. The van der Waals surface area contributed by atoms with Crippen molar-refractivity contribution in [2.45, 2.75) is 13.3 Å². The summed E-state index contributed by atoms with van der Waals surface area (Å²) in [5.41, 5.74) is 1.28. The van der Waals surface area contributed by atoms with Crippen LogP contribution in [0, 0.1) is 0 Å². The van der Waals surface area contributed by atoms with Crippen molar-refractivity contribution < 1.29 is 0 Å². The summed E-state index contributed by atoms with van der Waals surface area (Å²) in [7, 11) is 2.10. The number of benzene rings is 1. The summed E-state index contributed by atoms with van der Waals surface area (Å²) in [6.45, 7) is 3.21. The van der Waals surface area contributed by atoms with Gasteiger partial charge >= 0.3 is 0 Å². The Bertz CT molecular complexity index is 429. The van der Waals surface area contributed by atoms with E-state index in [1.165, 1.54) is 16.7 Å². The highest BCUT2D eigenvalue weighted by Crippen LogP contribution is 2.21. The predicted octanol–water partition coefficient (Wildman–Crippen LogP) is 3.00. The summed E-state index contributed by atoms with van der Waals surface area (Å²) in [6.07, 6.45) is 1.15. The van der Waals surface area contributed by atoms with Crippen LogP contribution in [-0.2, 0) is 7.05 Å². The lowest BCUT2D eigenvalue weighted by Gasteiger charge is -2.05. The Kier molecular flexibility index (Phi) is 2.44. The van der Waals surface area contributed by atoms with Crippen molar-refractivity contribution >= 4 is 16.7 Å². The van der Waals surface area contributed by atoms with E-state index in [1.807, 2.05) is 0 Å². The lowest BCUT2D eigenvalue weighted by atomic mass is 10.2. The second-order valence-electron chi connectivity index (χ2n) is 3.57. The fourth-order valence-electron chi connectivity index (χ4n) is 1.71. The Morgan fingerprint density at radius 2 is 2.07 bits per heavy atom. The molecule has 2 heteroatoms. The molecule has 0 fully saturated rings. The minimum absolute atomic E-state index is 1.03. The molecule has 2 rings (SSSR count). The molecule has 0 aliphatic carbocycles. The first-order chi connectivity index (χ1) is 6.83. The van der Waals surface area contributed by atoms with Crippen LogP contribution in [0.4, 0.5) is 5.82 Å². The van der Waals surface area contributed by atoms with Crippen molar-refractivity contribution in [3.8, 4) is 0 Å². The lowest BCUT2D eigenvalue weighted by Crippen LogP contribution is -2.03. The summed E-state index contributed by atoms with van der Waals surface area (Å²) in [6, 6.07) is 10.6. The first-order valence-corrected chi connectivity index (χ1v) is 5.11. The number of aryl methyl sites for hydroxylation is 1. The molecule has 0 atom stereocenters. The van der Waals surface area contributed by atoms with Crippen molar-refractivity contribution in [3.63, 3.8) is 0 Å². The van der Waals surface area contributed by atoms with Gasteiger partial charge in [-0.2, -0.15) is 0 Å². The molecule has 1 N–H and O–H groups in total. The molecule has 0 aliphatic rings. The van der Waals surface area contributed by atoms with Crippen molar-refractivity contribution in [2.24, 2.45) is 7.05 Å². The normalized spacial score (nSPS) is 10.7. The van der Waals surface area contributed by atoms with Crippen molar-refractivity contribution in [1.29, 1.82) is 0 Å². The molecular weight excluding hydrogens is 172 g/mol. The maximum Gasteiger partial charge on any atom is 0.106 e. The third-order valence-corrected chi connectivity index (χ3v) is 2.51. The number of aromatic nitrogens is 1. The number of hydrogen-bond donors (Lipinski definition) is 1. The molecule has 1 heterocycles. The van der Waals surface area contributed by atoms with Crippen molar-refractivity contribution in [2.75, 3.05) is 11.9 Å². The molecule has 1 aromatic carbocycles. The average molecular weight is 188 g/mol. The molecule has 14 heavy (non-hydrogen) atoms. The van der Waals surface area contributed by atoms with Gasteiger partial charge in [0.15, 0.2) is 0 Å². The van der Waals surface area contributed by atoms with Crippen molar-refractivity contribution in [3.05, 3.63) is 30.3 Å². The van der Waals surface area contributed by atoms with Crippen LogP contribution < -0.4 is 5.32 Å². The molecule has 2 nitrogen and oxygen atoms in total. The lowest BCUT2D eigenvalue weighted by molar-refractivity contribution is 0.917. The van der Waals surface area contributed by atoms with E-state index < -0.39 is 0 Å². The smallest absolute Gasteiger partial charge is 0.106 e. The number of fused-ring (bicyclic) bond motifs is 1. The van der Waals surface area contributed by atoms with Crippen molar-refractivity contribution in [1.82, 2.24) is 4.57 Å². The van der Waals surface area contributed by atoms with Crippen LogP contribution in [-0.4, -0.2) is 11.1 Å². The Hall–Kier alpha value is -1.44. The molecule has 0 radical (unpaired) electrons. The standard InChI is InChI=1S/C12H16N2/c1-3-8-13-12-9-10-6-4-5-7-11(10)14(12)2/h4-7,9,13H,3,8H2,1-2H3. The molecule has 0 spiro atoms. The zero-order chi connectivity index (χ0) is 9.97. The first kappa shape index (κ1) is 9.13. The van der Waals surface area contributed by atoms with Gasteiger partial charge in [0.1, 0.15) is 5.82 Å². The fourth-order valence-corrected chi connectivity index (χ4v) is 1.71. The van der Waals surface area contributed by atoms with Gasteiger partial charge in [-0.25, -0.2) is 0 Å². The van der Waals surface area contributed by atoms with Gasteiger partial charge in [-0.05, 0) is 18.6 Å². The Balaban J connectivity index is 2.41. The van der Waals surface area contributed by atoms with Gasteiger partial charge in [0, 0.05) is 24.5 Å². The summed E-state index contributed by atoms with van der Waals surface area (Å²) >= 11 is 0. The third-order valence-electron chi connectivity index (χ3n) is 2.51. The Morgan fingerprint density at radius 1 is 1.29 bits per heavy atom. The highest BCUT2D eigenvalue weighted by molar-refractivity contribution is 5.84. The molecule has 2 aromatic rings.